The fourth-order valence-corrected chi connectivity index (χ4v) is 1.95. The molecule has 0 saturated heterocycles. The van der Waals surface area contributed by atoms with Crippen molar-refractivity contribution in [2.75, 3.05) is 0 Å². The lowest BCUT2D eigenvalue weighted by molar-refractivity contribution is 0.0691. The van der Waals surface area contributed by atoms with Crippen LogP contribution in [0.25, 0.3) is 10.9 Å². The van der Waals surface area contributed by atoms with E-state index in [0.717, 1.165) is 11.9 Å². The molecule has 0 radical (unpaired) electrons. The van der Waals surface area contributed by atoms with Gasteiger partial charge >= 0.3 is 5.97 Å². The summed E-state index contributed by atoms with van der Waals surface area (Å²) in [5, 5.41) is 14.0. The molecular formula is C13H16N2O2. The van der Waals surface area contributed by atoms with E-state index in [0.29, 0.717) is 5.39 Å². The Bertz CT molecular complexity index is 570. The van der Waals surface area contributed by atoms with Crippen LogP contribution in [-0.2, 0) is 6.42 Å². The van der Waals surface area contributed by atoms with Gasteiger partial charge in [-0.2, -0.15) is 5.10 Å². The average Bonchev–Trinajstić information content (AvgIpc) is 2.67. The zero-order valence-corrected chi connectivity index (χ0v) is 10.3. The maximum atomic E-state index is 11.1. The van der Waals surface area contributed by atoms with E-state index in [1.54, 1.807) is 4.68 Å². The first-order valence-corrected chi connectivity index (χ1v) is 5.79. The van der Waals surface area contributed by atoms with E-state index < -0.39 is 5.97 Å². The van der Waals surface area contributed by atoms with Gasteiger partial charge in [0.05, 0.1) is 5.52 Å². The Labute approximate surface area is 99.9 Å². The van der Waals surface area contributed by atoms with Gasteiger partial charge in [0.15, 0.2) is 5.69 Å². The maximum Gasteiger partial charge on any atom is 0.357 e. The topological polar surface area (TPSA) is 55.1 Å². The van der Waals surface area contributed by atoms with Crippen LogP contribution in [0.4, 0.5) is 0 Å². The summed E-state index contributed by atoms with van der Waals surface area (Å²) in [6, 6.07) is 5.98. The van der Waals surface area contributed by atoms with E-state index in [1.807, 2.05) is 32.0 Å². The minimum Gasteiger partial charge on any atom is -0.476 e. The molecule has 0 atom stereocenters. The second-order valence-corrected chi connectivity index (χ2v) is 4.40. The van der Waals surface area contributed by atoms with Crippen molar-refractivity contribution in [3.8, 4) is 0 Å². The number of aromatic nitrogens is 2. The average molecular weight is 232 g/mol. The summed E-state index contributed by atoms with van der Waals surface area (Å²) in [6.45, 7) is 6.07. The Morgan fingerprint density at radius 2 is 2.18 bits per heavy atom. The van der Waals surface area contributed by atoms with Crippen LogP contribution in [-0.4, -0.2) is 20.9 Å². The second kappa shape index (κ2) is 4.20. The molecule has 0 fully saturated rings. The van der Waals surface area contributed by atoms with Gasteiger partial charge in [-0.05, 0) is 31.9 Å². The zero-order chi connectivity index (χ0) is 12.6. The predicted molar refractivity (Wildman–Crippen MR) is 66.5 cm³/mol. The van der Waals surface area contributed by atoms with Crippen LogP contribution in [0.1, 0.15) is 42.9 Å². The van der Waals surface area contributed by atoms with Crippen LogP contribution in [0.5, 0.6) is 0 Å². The van der Waals surface area contributed by atoms with E-state index in [1.165, 1.54) is 5.56 Å². The smallest absolute Gasteiger partial charge is 0.357 e. The number of aromatic carboxylic acids is 1. The van der Waals surface area contributed by atoms with Crippen molar-refractivity contribution in [1.29, 1.82) is 0 Å². The number of carboxylic acid groups (broad SMARTS) is 1. The molecule has 0 aliphatic carbocycles. The van der Waals surface area contributed by atoms with Gasteiger partial charge in [0, 0.05) is 11.4 Å². The molecule has 0 unspecified atom stereocenters. The van der Waals surface area contributed by atoms with Gasteiger partial charge in [-0.15, -0.1) is 0 Å². The molecule has 4 heteroatoms. The summed E-state index contributed by atoms with van der Waals surface area (Å²) in [6.07, 6.45) is 0.932. The number of rotatable bonds is 3. The van der Waals surface area contributed by atoms with Crippen LogP contribution in [0.3, 0.4) is 0 Å². The van der Waals surface area contributed by atoms with Gasteiger partial charge in [-0.3, -0.25) is 4.68 Å². The summed E-state index contributed by atoms with van der Waals surface area (Å²) in [4.78, 5) is 11.1. The Balaban J connectivity index is 2.76. The molecule has 0 bridgehead atoms. The number of carbonyl (C=O) groups is 1. The quantitative estimate of drug-likeness (QED) is 0.885. The van der Waals surface area contributed by atoms with Crippen molar-refractivity contribution in [3.63, 3.8) is 0 Å². The first-order valence-electron chi connectivity index (χ1n) is 5.79. The van der Waals surface area contributed by atoms with Gasteiger partial charge in [0.1, 0.15) is 0 Å². The molecule has 0 spiro atoms. The SMILES string of the molecule is CCc1ccc2c(C(=O)O)nn(C(C)C)c2c1. The van der Waals surface area contributed by atoms with Crippen LogP contribution >= 0.6 is 0 Å². The lowest BCUT2D eigenvalue weighted by atomic mass is 10.1. The van der Waals surface area contributed by atoms with Gasteiger partial charge in [0.2, 0.25) is 0 Å². The van der Waals surface area contributed by atoms with Gasteiger partial charge < -0.3 is 5.11 Å². The molecule has 1 N–H and O–H groups in total. The lowest BCUT2D eigenvalue weighted by Gasteiger charge is -2.07. The fourth-order valence-electron chi connectivity index (χ4n) is 1.95. The van der Waals surface area contributed by atoms with Crippen LogP contribution < -0.4 is 0 Å². The molecule has 0 aliphatic rings. The largest absolute Gasteiger partial charge is 0.476 e. The number of aryl methyl sites for hydroxylation is 1. The minimum absolute atomic E-state index is 0.136. The fraction of sp³-hybridized carbons (Fsp3) is 0.385. The van der Waals surface area contributed by atoms with E-state index in [4.69, 9.17) is 5.11 Å². The number of carboxylic acids is 1. The Kier molecular flexibility index (Phi) is 2.88. The van der Waals surface area contributed by atoms with Crippen molar-refractivity contribution >= 4 is 16.9 Å². The highest BCUT2D eigenvalue weighted by atomic mass is 16.4. The minimum atomic E-state index is -0.973. The summed E-state index contributed by atoms with van der Waals surface area (Å²) >= 11 is 0. The van der Waals surface area contributed by atoms with Crippen molar-refractivity contribution in [2.24, 2.45) is 0 Å². The monoisotopic (exact) mass is 232 g/mol. The van der Waals surface area contributed by atoms with E-state index in [9.17, 15) is 4.79 Å². The summed E-state index contributed by atoms with van der Waals surface area (Å²) < 4.78 is 1.78. The molecule has 90 valence electrons. The maximum absolute atomic E-state index is 11.1. The first-order chi connectivity index (χ1) is 8.04. The first kappa shape index (κ1) is 11.6. The van der Waals surface area contributed by atoms with Gasteiger partial charge in [-0.1, -0.05) is 19.1 Å². The van der Waals surface area contributed by atoms with Crippen molar-refractivity contribution in [2.45, 2.75) is 33.2 Å². The molecular weight excluding hydrogens is 216 g/mol. The van der Waals surface area contributed by atoms with Crippen molar-refractivity contribution < 1.29 is 9.90 Å². The summed E-state index contributed by atoms with van der Waals surface area (Å²) in [5.74, 6) is -0.973. The highest BCUT2D eigenvalue weighted by Crippen LogP contribution is 2.23. The van der Waals surface area contributed by atoms with E-state index in [2.05, 4.69) is 12.0 Å². The zero-order valence-electron chi connectivity index (χ0n) is 10.3. The highest BCUT2D eigenvalue weighted by Gasteiger charge is 2.17. The number of hydrogen-bond donors (Lipinski definition) is 1. The number of benzene rings is 1. The third kappa shape index (κ3) is 1.90. The molecule has 1 aromatic heterocycles. The van der Waals surface area contributed by atoms with Crippen molar-refractivity contribution in [3.05, 3.63) is 29.5 Å². The molecule has 1 heterocycles. The normalized spacial score (nSPS) is 11.3. The highest BCUT2D eigenvalue weighted by molar-refractivity contribution is 6.01. The standard InChI is InChI=1S/C13H16N2O2/c1-4-9-5-6-10-11(7-9)15(8(2)3)14-12(10)13(16)17/h5-8H,4H2,1-3H3,(H,16,17). The Morgan fingerprint density at radius 1 is 1.47 bits per heavy atom. The molecule has 2 rings (SSSR count). The van der Waals surface area contributed by atoms with Crippen molar-refractivity contribution in [1.82, 2.24) is 9.78 Å². The molecule has 4 nitrogen and oxygen atoms in total. The molecule has 0 amide bonds. The molecule has 0 saturated carbocycles. The van der Waals surface area contributed by atoms with Crippen LogP contribution in [0, 0.1) is 0 Å². The van der Waals surface area contributed by atoms with Gasteiger partial charge in [-0.25, -0.2) is 4.79 Å². The summed E-state index contributed by atoms with van der Waals surface area (Å²) in [7, 11) is 0. The van der Waals surface area contributed by atoms with E-state index in [-0.39, 0.29) is 11.7 Å². The molecule has 17 heavy (non-hydrogen) atoms. The number of nitrogens with zero attached hydrogens (tertiary/aromatic N) is 2. The van der Waals surface area contributed by atoms with Gasteiger partial charge in [0.25, 0.3) is 0 Å². The lowest BCUT2D eigenvalue weighted by Crippen LogP contribution is -2.05. The molecule has 0 aliphatic heterocycles. The number of fused-ring (bicyclic) bond motifs is 1. The van der Waals surface area contributed by atoms with Crippen LogP contribution in [0.2, 0.25) is 0 Å². The van der Waals surface area contributed by atoms with Crippen LogP contribution in [0.15, 0.2) is 18.2 Å². The summed E-state index contributed by atoms with van der Waals surface area (Å²) in [5.41, 5.74) is 2.23. The Morgan fingerprint density at radius 3 is 2.71 bits per heavy atom. The third-order valence-corrected chi connectivity index (χ3v) is 2.87. The molecule has 2 aromatic rings. The number of hydrogen-bond acceptors (Lipinski definition) is 2. The van der Waals surface area contributed by atoms with E-state index >= 15 is 0 Å². The third-order valence-electron chi connectivity index (χ3n) is 2.87. The predicted octanol–water partition coefficient (Wildman–Crippen LogP) is 2.88. The second-order valence-electron chi connectivity index (χ2n) is 4.40. The Hall–Kier alpha value is -1.84. The molecule has 1 aromatic carbocycles.